The average molecular weight is 420 g/mol. The van der Waals surface area contributed by atoms with E-state index in [9.17, 15) is 13.2 Å². The van der Waals surface area contributed by atoms with Crippen molar-refractivity contribution >= 4 is 33.4 Å². The maximum atomic E-state index is 12.6. The van der Waals surface area contributed by atoms with Crippen molar-refractivity contribution in [2.75, 3.05) is 24.2 Å². The van der Waals surface area contributed by atoms with E-state index in [1.54, 1.807) is 12.1 Å². The predicted octanol–water partition coefficient (Wildman–Crippen LogP) is 3.60. The molecule has 0 aliphatic carbocycles. The monoisotopic (exact) mass is 419 g/mol. The van der Waals surface area contributed by atoms with E-state index in [-0.39, 0.29) is 16.6 Å². The van der Waals surface area contributed by atoms with Gasteiger partial charge in [0.25, 0.3) is 0 Å². The fourth-order valence-corrected chi connectivity index (χ4v) is 5.18. The van der Waals surface area contributed by atoms with Crippen molar-refractivity contribution in [2.45, 2.75) is 43.0 Å². The van der Waals surface area contributed by atoms with E-state index < -0.39 is 10.0 Å². The van der Waals surface area contributed by atoms with Gasteiger partial charge in [0.15, 0.2) is 0 Å². The highest BCUT2D eigenvalue weighted by molar-refractivity contribution is 7.99. The predicted molar refractivity (Wildman–Crippen MR) is 112 cm³/mol. The maximum Gasteiger partial charge on any atom is 0.244 e. The summed E-state index contributed by atoms with van der Waals surface area (Å²) in [6.07, 6.45) is 4.26. The lowest BCUT2D eigenvalue weighted by atomic mass is 10.1. The van der Waals surface area contributed by atoms with E-state index in [1.807, 2.05) is 32.0 Å². The Balaban J connectivity index is 1.58. The van der Waals surface area contributed by atoms with E-state index >= 15 is 0 Å². The average Bonchev–Trinajstić information content (AvgIpc) is 2.71. The minimum atomic E-state index is -3.48. The number of rotatable bonds is 6. The van der Waals surface area contributed by atoms with E-state index in [0.29, 0.717) is 18.1 Å². The summed E-state index contributed by atoms with van der Waals surface area (Å²) in [5, 5.41) is 3.53. The molecular formula is C20H25N3O3S2. The first kappa shape index (κ1) is 20.8. The number of hydrogen-bond acceptors (Lipinski definition) is 5. The van der Waals surface area contributed by atoms with Crippen LogP contribution >= 0.6 is 11.8 Å². The number of hydrogen-bond donors (Lipinski definition) is 1. The van der Waals surface area contributed by atoms with Crippen LogP contribution in [0.1, 0.15) is 30.4 Å². The molecule has 0 bridgehead atoms. The fourth-order valence-electron chi connectivity index (χ4n) is 3.07. The third-order valence-electron chi connectivity index (χ3n) is 4.89. The van der Waals surface area contributed by atoms with E-state index in [2.05, 4.69) is 10.3 Å². The molecule has 1 N–H and O–H groups in total. The number of benzene rings is 1. The molecule has 1 aliphatic heterocycles. The first-order valence-electron chi connectivity index (χ1n) is 9.33. The van der Waals surface area contributed by atoms with Crippen molar-refractivity contribution in [3.05, 3.63) is 47.7 Å². The molecule has 0 radical (unpaired) electrons. The summed E-state index contributed by atoms with van der Waals surface area (Å²) in [6, 6.07) is 9.02. The maximum absolute atomic E-state index is 12.6. The highest BCUT2D eigenvalue weighted by atomic mass is 32.2. The van der Waals surface area contributed by atoms with Crippen LogP contribution in [-0.2, 0) is 14.8 Å². The topological polar surface area (TPSA) is 79.4 Å². The van der Waals surface area contributed by atoms with Crippen molar-refractivity contribution in [2.24, 2.45) is 0 Å². The zero-order valence-corrected chi connectivity index (χ0v) is 17.8. The number of thioether (sulfide) groups is 1. The van der Waals surface area contributed by atoms with Crippen LogP contribution < -0.4 is 5.32 Å². The Bertz CT molecular complexity index is 938. The quantitative estimate of drug-likeness (QED) is 0.724. The number of aryl methyl sites for hydroxylation is 1. The Morgan fingerprint density at radius 2 is 1.89 bits per heavy atom. The molecule has 1 aromatic carbocycles. The molecule has 2 aromatic rings. The lowest BCUT2D eigenvalue weighted by Crippen LogP contribution is -2.35. The molecule has 1 aromatic heterocycles. The van der Waals surface area contributed by atoms with Gasteiger partial charge in [-0.2, -0.15) is 4.31 Å². The van der Waals surface area contributed by atoms with Crippen molar-refractivity contribution in [1.29, 1.82) is 0 Å². The number of aromatic nitrogens is 1. The zero-order valence-electron chi connectivity index (χ0n) is 16.1. The van der Waals surface area contributed by atoms with Gasteiger partial charge in [-0.05, 0) is 56.0 Å². The Labute approximate surface area is 170 Å². The standard InChI is InChI=1S/C20H25N3O3S2/c1-15-7-6-8-18(16(15)2)22-19(24)14-27-20-10-9-17(13-21-20)28(25,26)23-11-4-3-5-12-23/h6-10,13H,3-5,11-12,14H2,1-2H3,(H,22,24). The second-order valence-electron chi connectivity index (χ2n) is 6.88. The SMILES string of the molecule is Cc1cccc(NC(=O)CSc2ccc(S(=O)(=O)N3CCCCC3)cn2)c1C. The molecule has 8 heteroatoms. The molecule has 6 nitrogen and oxygen atoms in total. The van der Waals surface area contributed by atoms with Gasteiger partial charge >= 0.3 is 0 Å². The van der Waals surface area contributed by atoms with E-state index in [4.69, 9.17) is 0 Å². The number of pyridine rings is 1. The van der Waals surface area contributed by atoms with Gasteiger partial charge in [0.05, 0.1) is 10.8 Å². The van der Waals surface area contributed by atoms with Crippen LogP contribution in [0, 0.1) is 13.8 Å². The van der Waals surface area contributed by atoms with Gasteiger partial charge in [-0.1, -0.05) is 30.3 Å². The lowest BCUT2D eigenvalue weighted by molar-refractivity contribution is -0.113. The number of carbonyl (C=O) groups excluding carboxylic acids is 1. The van der Waals surface area contributed by atoms with Crippen LogP contribution in [0.15, 0.2) is 46.5 Å². The van der Waals surface area contributed by atoms with Gasteiger partial charge in [0.1, 0.15) is 4.90 Å². The summed E-state index contributed by atoms with van der Waals surface area (Å²) in [5.41, 5.74) is 2.98. The molecule has 0 saturated carbocycles. The number of amides is 1. The molecule has 0 spiro atoms. The molecule has 150 valence electrons. The van der Waals surface area contributed by atoms with Gasteiger partial charge in [0, 0.05) is 25.0 Å². The second kappa shape index (κ2) is 9.07. The second-order valence-corrected chi connectivity index (χ2v) is 9.81. The summed E-state index contributed by atoms with van der Waals surface area (Å²) in [5.74, 6) is 0.0871. The molecule has 28 heavy (non-hydrogen) atoms. The smallest absolute Gasteiger partial charge is 0.244 e. The van der Waals surface area contributed by atoms with Gasteiger partial charge in [0.2, 0.25) is 15.9 Å². The summed E-state index contributed by atoms with van der Waals surface area (Å²) in [4.78, 5) is 16.7. The van der Waals surface area contributed by atoms with Gasteiger partial charge in [-0.3, -0.25) is 4.79 Å². The number of nitrogens with one attached hydrogen (secondary N) is 1. The minimum Gasteiger partial charge on any atom is -0.325 e. The molecule has 1 saturated heterocycles. The third kappa shape index (κ3) is 4.92. The zero-order chi connectivity index (χ0) is 20.1. The van der Waals surface area contributed by atoms with E-state index in [0.717, 1.165) is 36.1 Å². The van der Waals surface area contributed by atoms with E-state index in [1.165, 1.54) is 22.3 Å². The van der Waals surface area contributed by atoms with Gasteiger partial charge in [-0.25, -0.2) is 13.4 Å². The summed E-state index contributed by atoms with van der Waals surface area (Å²) in [7, 11) is -3.48. The molecular weight excluding hydrogens is 394 g/mol. The molecule has 3 rings (SSSR count). The molecule has 1 amide bonds. The molecule has 0 unspecified atom stereocenters. The Morgan fingerprint density at radius 3 is 2.57 bits per heavy atom. The first-order chi connectivity index (χ1) is 13.4. The van der Waals surface area contributed by atoms with Gasteiger partial charge < -0.3 is 5.32 Å². The van der Waals surface area contributed by atoms with Crippen molar-refractivity contribution in [1.82, 2.24) is 9.29 Å². The molecule has 0 atom stereocenters. The van der Waals surface area contributed by atoms with Crippen LogP contribution in [0.25, 0.3) is 0 Å². The minimum absolute atomic E-state index is 0.120. The fraction of sp³-hybridized carbons (Fsp3) is 0.400. The first-order valence-corrected chi connectivity index (χ1v) is 11.8. The Morgan fingerprint density at radius 1 is 1.14 bits per heavy atom. The summed E-state index contributed by atoms with van der Waals surface area (Å²) < 4.78 is 26.8. The van der Waals surface area contributed by atoms with Crippen molar-refractivity contribution in [3.63, 3.8) is 0 Å². The summed E-state index contributed by atoms with van der Waals surface area (Å²) in [6.45, 7) is 5.11. The number of piperidine rings is 1. The van der Waals surface area contributed by atoms with Crippen LogP contribution in [0.3, 0.4) is 0 Å². The normalized spacial score (nSPS) is 15.4. The lowest BCUT2D eigenvalue weighted by Gasteiger charge is -2.25. The Hall–Kier alpha value is -1.90. The number of carbonyl (C=O) groups is 1. The van der Waals surface area contributed by atoms with Crippen LogP contribution in [0.4, 0.5) is 5.69 Å². The van der Waals surface area contributed by atoms with Crippen LogP contribution in [-0.4, -0.2) is 42.5 Å². The summed E-state index contributed by atoms with van der Waals surface area (Å²) >= 11 is 1.28. The highest BCUT2D eigenvalue weighted by Gasteiger charge is 2.26. The van der Waals surface area contributed by atoms with Crippen LogP contribution in [0.2, 0.25) is 0 Å². The largest absolute Gasteiger partial charge is 0.325 e. The number of anilines is 1. The highest BCUT2D eigenvalue weighted by Crippen LogP contribution is 2.23. The third-order valence-corrected chi connectivity index (χ3v) is 7.72. The molecule has 1 aliphatic rings. The van der Waals surface area contributed by atoms with Crippen molar-refractivity contribution < 1.29 is 13.2 Å². The molecule has 1 fully saturated rings. The Kier molecular flexibility index (Phi) is 6.74. The number of nitrogens with zero attached hydrogens (tertiary/aromatic N) is 2. The van der Waals surface area contributed by atoms with Crippen molar-refractivity contribution in [3.8, 4) is 0 Å². The van der Waals surface area contributed by atoms with Crippen LogP contribution in [0.5, 0.6) is 0 Å². The van der Waals surface area contributed by atoms with Gasteiger partial charge in [-0.15, -0.1) is 0 Å². The molecule has 2 heterocycles. The number of sulfonamides is 1.